The summed E-state index contributed by atoms with van der Waals surface area (Å²) >= 11 is 0. The monoisotopic (exact) mass is 296 g/mol. The molecular formula is C17H20N4O. The summed E-state index contributed by atoms with van der Waals surface area (Å²) in [6.45, 7) is 3.13. The summed E-state index contributed by atoms with van der Waals surface area (Å²) in [5.74, 6) is 2.73. The molecule has 114 valence electrons. The molecule has 0 radical (unpaired) electrons. The number of nitrogens with zero attached hydrogens (tertiary/aromatic N) is 4. The molecule has 1 atom stereocenters. The fraction of sp³-hybridized carbons (Fsp3) is 0.412. The minimum Gasteiger partial charge on any atom is -0.445 e. The molecule has 4 heterocycles. The summed E-state index contributed by atoms with van der Waals surface area (Å²) in [5.41, 5.74) is 1.79. The second kappa shape index (κ2) is 5.25. The van der Waals surface area contributed by atoms with E-state index in [4.69, 9.17) is 9.40 Å². The first-order chi connectivity index (χ1) is 10.7. The largest absolute Gasteiger partial charge is 0.445 e. The Labute approximate surface area is 129 Å². The van der Waals surface area contributed by atoms with Crippen molar-refractivity contribution >= 4 is 11.2 Å². The van der Waals surface area contributed by atoms with Gasteiger partial charge in [-0.05, 0) is 51.6 Å². The molecule has 3 aromatic heterocycles. The lowest BCUT2D eigenvalue weighted by Gasteiger charge is -2.19. The lowest BCUT2D eigenvalue weighted by atomic mass is 10.1. The lowest BCUT2D eigenvalue weighted by Crippen LogP contribution is -2.28. The zero-order valence-corrected chi connectivity index (χ0v) is 13.0. The summed E-state index contributed by atoms with van der Waals surface area (Å²) in [6, 6.07) is 8.46. The molecule has 0 N–H and O–H groups in total. The summed E-state index contributed by atoms with van der Waals surface area (Å²) in [6.07, 6.45) is 5.22. The number of pyridine rings is 1. The van der Waals surface area contributed by atoms with Gasteiger partial charge in [-0.2, -0.15) is 0 Å². The average molecular weight is 296 g/mol. The van der Waals surface area contributed by atoms with Gasteiger partial charge in [0.15, 0.2) is 5.65 Å². The van der Waals surface area contributed by atoms with Gasteiger partial charge in [-0.25, -0.2) is 14.5 Å². The number of aromatic nitrogens is 3. The second-order valence-electron chi connectivity index (χ2n) is 6.07. The van der Waals surface area contributed by atoms with Crippen LogP contribution in [0.3, 0.4) is 0 Å². The van der Waals surface area contributed by atoms with Gasteiger partial charge in [0.2, 0.25) is 5.88 Å². The van der Waals surface area contributed by atoms with Gasteiger partial charge < -0.3 is 9.32 Å². The number of likely N-dealkylation sites (tertiary alicyclic amines) is 1. The van der Waals surface area contributed by atoms with E-state index in [0.717, 1.165) is 35.1 Å². The highest BCUT2D eigenvalue weighted by Crippen LogP contribution is 2.25. The van der Waals surface area contributed by atoms with Crippen LogP contribution in [0.2, 0.25) is 0 Å². The van der Waals surface area contributed by atoms with E-state index in [2.05, 4.69) is 21.5 Å². The first-order valence-corrected chi connectivity index (χ1v) is 7.82. The number of fused-ring (bicyclic) bond motifs is 1. The Morgan fingerprint density at radius 3 is 2.95 bits per heavy atom. The van der Waals surface area contributed by atoms with Crippen molar-refractivity contribution in [2.24, 2.45) is 0 Å². The van der Waals surface area contributed by atoms with Crippen molar-refractivity contribution in [1.82, 2.24) is 19.4 Å². The maximum atomic E-state index is 5.84. The van der Waals surface area contributed by atoms with Crippen molar-refractivity contribution in [3.8, 4) is 5.88 Å². The quantitative estimate of drug-likeness (QED) is 0.745. The maximum absolute atomic E-state index is 5.84. The first-order valence-electron chi connectivity index (χ1n) is 7.82. The molecule has 3 aromatic rings. The predicted octanol–water partition coefficient (Wildman–Crippen LogP) is 2.96. The van der Waals surface area contributed by atoms with E-state index in [1.165, 1.54) is 19.4 Å². The van der Waals surface area contributed by atoms with Crippen LogP contribution in [0.4, 0.5) is 0 Å². The van der Waals surface area contributed by atoms with Gasteiger partial charge in [-0.15, -0.1) is 0 Å². The van der Waals surface area contributed by atoms with Crippen molar-refractivity contribution in [2.75, 3.05) is 13.6 Å². The molecule has 1 aliphatic rings. The van der Waals surface area contributed by atoms with E-state index < -0.39 is 0 Å². The second-order valence-corrected chi connectivity index (χ2v) is 6.07. The highest BCUT2D eigenvalue weighted by Gasteiger charge is 2.25. The Morgan fingerprint density at radius 2 is 2.23 bits per heavy atom. The number of likely N-dealkylation sites (N-methyl/N-ethyl adjacent to an activating group) is 1. The normalized spacial score (nSPS) is 19.3. The first kappa shape index (κ1) is 13.5. The Hall–Kier alpha value is -2.14. The summed E-state index contributed by atoms with van der Waals surface area (Å²) in [4.78, 5) is 11.7. The highest BCUT2D eigenvalue weighted by molar-refractivity contribution is 5.73. The Balaban J connectivity index is 1.82. The number of imidazole rings is 1. The van der Waals surface area contributed by atoms with Crippen molar-refractivity contribution in [2.45, 2.75) is 32.2 Å². The Morgan fingerprint density at radius 1 is 1.32 bits per heavy atom. The van der Waals surface area contributed by atoms with Crippen LogP contribution in [0, 0.1) is 6.92 Å². The number of aryl methyl sites for hydroxylation is 1. The van der Waals surface area contributed by atoms with E-state index in [1.807, 2.05) is 37.4 Å². The number of furan rings is 1. The van der Waals surface area contributed by atoms with Gasteiger partial charge >= 0.3 is 0 Å². The van der Waals surface area contributed by atoms with Gasteiger partial charge in [0.25, 0.3) is 0 Å². The SMILES string of the molecule is Cc1ccc(-n2c(CC3CCCN3C)nc3cccnc32)o1. The van der Waals surface area contributed by atoms with Gasteiger partial charge in [0.05, 0.1) is 0 Å². The minimum absolute atomic E-state index is 0.548. The molecule has 22 heavy (non-hydrogen) atoms. The third-order valence-electron chi connectivity index (χ3n) is 4.52. The maximum Gasteiger partial charge on any atom is 0.206 e. The van der Waals surface area contributed by atoms with Crippen molar-refractivity contribution in [1.29, 1.82) is 0 Å². The van der Waals surface area contributed by atoms with Gasteiger partial charge in [-0.3, -0.25) is 0 Å². The van der Waals surface area contributed by atoms with Crippen LogP contribution in [0.15, 0.2) is 34.9 Å². The zero-order chi connectivity index (χ0) is 15.1. The molecule has 0 spiro atoms. The Kier molecular flexibility index (Phi) is 3.22. The fourth-order valence-corrected chi connectivity index (χ4v) is 3.32. The molecule has 1 unspecified atom stereocenters. The van der Waals surface area contributed by atoms with Crippen LogP contribution in [0.1, 0.15) is 24.4 Å². The molecule has 0 amide bonds. The standard InChI is InChI=1S/C17H20N4O/c1-12-7-8-16(22-12)21-15(11-13-5-4-10-20(13)2)19-14-6-3-9-18-17(14)21/h3,6-9,13H,4-5,10-11H2,1-2H3. The lowest BCUT2D eigenvalue weighted by molar-refractivity contribution is 0.304. The van der Waals surface area contributed by atoms with Crippen molar-refractivity contribution < 1.29 is 4.42 Å². The van der Waals surface area contributed by atoms with Crippen LogP contribution in [-0.4, -0.2) is 39.1 Å². The summed E-state index contributed by atoms with van der Waals surface area (Å²) in [5, 5.41) is 0. The molecule has 0 aromatic carbocycles. The topological polar surface area (TPSA) is 47.1 Å². The van der Waals surface area contributed by atoms with E-state index in [0.29, 0.717) is 6.04 Å². The van der Waals surface area contributed by atoms with Crippen LogP contribution < -0.4 is 0 Å². The molecule has 1 fully saturated rings. The van der Waals surface area contributed by atoms with Gasteiger partial charge in [-0.1, -0.05) is 0 Å². The molecule has 0 bridgehead atoms. The molecule has 1 saturated heterocycles. The Bertz CT molecular complexity index is 804. The fourth-order valence-electron chi connectivity index (χ4n) is 3.32. The number of hydrogen-bond donors (Lipinski definition) is 0. The molecule has 1 aliphatic heterocycles. The van der Waals surface area contributed by atoms with Crippen LogP contribution in [-0.2, 0) is 6.42 Å². The van der Waals surface area contributed by atoms with Crippen molar-refractivity contribution in [3.63, 3.8) is 0 Å². The van der Waals surface area contributed by atoms with E-state index in [1.54, 1.807) is 0 Å². The number of rotatable bonds is 3. The van der Waals surface area contributed by atoms with E-state index in [9.17, 15) is 0 Å². The molecule has 5 nitrogen and oxygen atoms in total. The van der Waals surface area contributed by atoms with E-state index in [-0.39, 0.29) is 0 Å². The zero-order valence-electron chi connectivity index (χ0n) is 13.0. The molecule has 0 aliphatic carbocycles. The molecule has 0 saturated carbocycles. The highest BCUT2D eigenvalue weighted by atomic mass is 16.4. The minimum atomic E-state index is 0.548. The molecule has 5 heteroatoms. The predicted molar refractivity (Wildman–Crippen MR) is 85.2 cm³/mol. The van der Waals surface area contributed by atoms with Crippen LogP contribution in [0.25, 0.3) is 17.0 Å². The third kappa shape index (κ3) is 2.22. The smallest absolute Gasteiger partial charge is 0.206 e. The third-order valence-corrected chi connectivity index (χ3v) is 4.52. The van der Waals surface area contributed by atoms with Crippen LogP contribution >= 0.6 is 0 Å². The van der Waals surface area contributed by atoms with Gasteiger partial charge in [0.1, 0.15) is 17.1 Å². The van der Waals surface area contributed by atoms with Gasteiger partial charge in [0, 0.05) is 24.7 Å². The van der Waals surface area contributed by atoms with Crippen molar-refractivity contribution in [3.05, 3.63) is 42.0 Å². The summed E-state index contributed by atoms with van der Waals surface area (Å²) in [7, 11) is 2.19. The molecular weight excluding hydrogens is 276 g/mol. The average Bonchev–Trinajstić information content (AvgIpc) is 3.19. The van der Waals surface area contributed by atoms with E-state index >= 15 is 0 Å². The summed E-state index contributed by atoms with van der Waals surface area (Å²) < 4.78 is 7.90. The molecule has 4 rings (SSSR count). The number of hydrogen-bond acceptors (Lipinski definition) is 4. The van der Waals surface area contributed by atoms with Crippen LogP contribution in [0.5, 0.6) is 0 Å².